The molecule has 1 aliphatic rings. The SMILES string of the molecule is COc1cc(/C=C2/SC(=O)N(CC(=O)Nc3ccccc3Br)C2=O)cc(Br)c1OCc1ccccc1. The van der Waals surface area contributed by atoms with Crippen LogP contribution in [0.15, 0.2) is 80.6 Å². The average molecular weight is 632 g/mol. The lowest BCUT2D eigenvalue weighted by Gasteiger charge is -2.14. The molecule has 0 radical (unpaired) electrons. The fourth-order valence-corrected chi connectivity index (χ4v) is 5.17. The Kier molecular flexibility index (Phi) is 8.50. The van der Waals surface area contributed by atoms with Crippen LogP contribution in [-0.4, -0.2) is 35.6 Å². The summed E-state index contributed by atoms with van der Waals surface area (Å²) in [6, 6.07) is 20.3. The van der Waals surface area contributed by atoms with Gasteiger partial charge in [0.05, 0.1) is 22.2 Å². The molecule has 3 aromatic rings. The third-order valence-electron chi connectivity index (χ3n) is 5.10. The van der Waals surface area contributed by atoms with Crippen LogP contribution in [0.5, 0.6) is 11.5 Å². The molecule has 0 atom stereocenters. The van der Waals surface area contributed by atoms with Crippen LogP contribution >= 0.6 is 43.6 Å². The number of hydrogen-bond acceptors (Lipinski definition) is 6. The van der Waals surface area contributed by atoms with Gasteiger partial charge in [-0.15, -0.1) is 0 Å². The molecule has 1 heterocycles. The number of anilines is 1. The Labute approximate surface area is 229 Å². The molecule has 0 spiro atoms. The van der Waals surface area contributed by atoms with Crippen molar-refractivity contribution >= 4 is 72.4 Å². The molecule has 0 aromatic heterocycles. The van der Waals surface area contributed by atoms with Crippen LogP contribution in [0.3, 0.4) is 0 Å². The van der Waals surface area contributed by atoms with Crippen molar-refractivity contribution in [2.75, 3.05) is 19.0 Å². The van der Waals surface area contributed by atoms with E-state index in [1.54, 1.807) is 36.4 Å². The van der Waals surface area contributed by atoms with Crippen LogP contribution in [0.25, 0.3) is 6.08 Å². The van der Waals surface area contributed by atoms with Crippen molar-refractivity contribution in [1.29, 1.82) is 0 Å². The lowest BCUT2D eigenvalue weighted by atomic mass is 10.1. The lowest BCUT2D eigenvalue weighted by Crippen LogP contribution is -2.36. The quantitative estimate of drug-likeness (QED) is 0.287. The zero-order valence-corrected chi connectivity index (χ0v) is 23.0. The number of carbonyl (C=O) groups excluding carboxylic acids is 3. The molecule has 1 saturated heterocycles. The Bertz CT molecular complexity index is 1350. The van der Waals surface area contributed by atoms with E-state index >= 15 is 0 Å². The second kappa shape index (κ2) is 11.8. The molecule has 1 aliphatic heterocycles. The minimum Gasteiger partial charge on any atom is -0.493 e. The first kappa shape index (κ1) is 26.0. The highest BCUT2D eigenvalue weighted by molar-refractivity contribution is 9.11. The Hall–Kier alpha value is -3.08. The van der Waals surface area contributed by atoms with Gasteiger partial charge in [-0.1, -0.05) is 42.5 Å². The maximum atomic E-state index is 12.9. The number of imide groups is 1. The molecule has 36 heavy (non-hydrogen) atoms. The molecule has 0 aliphatic carbocycles. The molecule has 184 valence electrons. The number of thioether (sulfide) groups is 1. The van der Waals surface area contributed by atoms with Crippen LogP contribution in [0, 0.1) is 0 Å². The number of para-hydroxylation sites is 1. The van der Waals surface area contributed by atoms with Crippen molar-refractivity contribution in [3.05, 3.63) is 91.7 Å². The first-order chi connectivity index (χ1) is 17.4. The summed E-state index contributed by atoms with van der Waals surface area (Å²) in [5.41, 5.74) is 2.19. The van der Waals surface area contributed by atoms with Crippen molar-refractivity contribution in [3.63, 3.8) is 0 Å². The Morgan fingerprint density at radius 2 is 1.75 bits per heavy atom. The van der Waals surface area contributed by atoms with Gasteiger partial charge in [-0.25, -0.2) is 0 Å². The predicted molar refractivity (Wildman–Crippen MR) is 147 cm³/mol. The van der Waals surface area contributed by atoms with Crippen LogP contribution in [0.2, 0.25) is 0 Å². The molecule has 4 rings (SSSR count). The Balaban J connectivity index is 1.47. The van der Waals surface area contributed by atoms with Gasteiger partial charge in [0, 0.05) is 4.47 Å². The minimum atomic E-state index is -0.535. The molecule has 10 heteroatoms. The standard InChI is InChI=1S/C26H20Br2N2O5S/c1-34-21-12-17(11-19(28)24(21)35-15-16-7-3-2-4-8-16)13-22-25(32)30(26(33)36-22)14-23(31)29-20-10-6-5-9-18(20)27/h2-13H,14-15H2,1H3,(H,29,31)/b22-13+. The molecule has 3 aromatic carbocycles. The highest BCUT2D eigenvalue weighted by Gasteiger charge is 2.36. The molecule has 1 fully saturated rings. The summed E-state index contributed by atoms with van der Waals surface area (Å²) in [6.45, 7) is -0.0295. The minimum absolute atomic E-state index is 0.209. The first-order valence-electron chi connectivity index (χ1n) is 10.7. The predicted octanol–water partition coefficient (Wildman–Crippen LogP) is 6.47. The van der Waals surface area contributed by atoms with Gasteiger partial charge < -0.3 is 14.8 Å². The number of methoxy groups -OCH3 is 1. The van der Waals surface area contributed by atoms with E-state index in [0.29, 0.717) is 38.3 Å². The van der Waals surface area contributed by atoms with Crippen LogP contribution < -0.4 is 14.8 Å². The Morgan fingerprint density at radius 3 is 2.47 bits per heavy atom. The highest BCUT2D eigenvalue weighted by Crippen LogP contribution is 2.39. The van der Waals surface area contributed by atoms with Crippen LogP contribution in [0.4, 0.5) is 10.5 Å². The van der Waals surface area contributed by atoms with Gasteiger partial charge in [0.25, 0.3) is 11.1 Å². The second-order valence-corrected chi connectivity index (χ2v) is 10.3. The number of amides is 3. The van der Waals surface area contributed by atoms with Gasteiger partial charge in [-0.05, 0) is 85.1 Å². The van der Waals surface area contributed by atoms with Gasteiger partial charge in [-0.3, -0.25) is 19.3 Å². The first-order valence-corrected chi connectivity index (χ1v) is 13.1. The summed E-state index contributed by atoms with van der Waals surface area (Å²) in [6.07, 6.45) is 1.59. The summed E-state index contributed by atoms with van der Waals surface area (Å²) >= 11 is 7.65. The fraction of sp³-hybridized carbons (Fsp3) is 0.115. The van der Waals surface area contributed by atoms with E-state index in [9.17, 15) is 14.4 Å². The number of benzene rings is 3. The van der Waals surface area contributed by atoms with Gasteiger partial charge in [0.15, 0.2) is 11.5 Å². The maximum absolute atomic E-state index is 12.9. The molecule has 0 bridgehead atoms. The van der Waals surface area contributed by atoms with Gasteiger partial charge in [-0.2, -0.15) is 0 Å². The summed E-state index contributed by atoms with van der Waals surface area (Å²) < 4.78 is 12.8. The summed E-state index contributed by atoms with van der Waals surface area (Å²) in [5, 5.41) is 2.19. The van der Waals surface area contributed by atoms with E-state index in [-0.39, 0.29) is 11.4 Å². The topological polar surface area (TPSA) is 84.9 Å². The third-order valence-corrected chi connectivity index (χ3v) is 7.29. The molecule has 0 unspecified atom stereocenters. The Morgan fingerprint density at radius 1 is 1.03 bits per heavy atom. The van der Waals surface area contributed by atoms with E-state index in [2.05, 4.69) is 37.2 Å². The molecular formula is C26H20Br2N2O5S. The van der Waals surface area contributed by atoms with E-state index in [1.807, 2.05) is 36.4 Å². The molecule has 3 amide bonds. The average Bonchev–Trinajstić information content (AvgIpc) is 3.12. The summed E-state index contributed by atoms with van der Waals surface area (Å²) in [7, 11) is 1.53. The van der Waals surface area contributed by atoms with Crippen LogP contribution in [-0.2, 0) is 16.2 Å². The number of hydrogen-bond donors (Lipinski definition) is 1. The fourth-order valence-electron chi connectivity index (χ4n) is 3.38. The number of nitrogens with zero attached hydrogens (tertiary/aromatic N) is 1. The van der Waals surface area contributed by atoms with Crippen molar-refractivity contribution in [3.8, 4) is 11.5 Å². The number of rotatable bonds is 8. The maximum Gasteiger partial charge on any atom is 0.294 e. The third kappa shape index (κ3) is 6.18. The molecular weight excluding hydrogens is 612 g/mol. The second-order valence-electron chi connectivity index (χ2n) is 7.60. The van der Waals surface area contributed by atoms with E-state index in [0.717, 1.165) is 22.2 Å². The molecule has 1 N–H and O–H groups in total. The van der Waals surface area contributed by atoms with Gasteiger partial charge in [0.1, 0.15) is 13.2 Å². The number of carbonyl (C=O) groups is 3. The van der Waals surface area contributed by atoms with Gasteiger partial charge >= 0.3 is 0 Å². The van der Waals surface area contributed by atoms with Crippen molar-refractivity contribution in [2.24, 2.45) is 0 Å². The zero-order chi connectivity index (χ0) is 25.7. The largest absolute Gasteiger partial charge is 0.493 e. The normalized spacial score (nSPS) is 14.3. The van der Waals surface area contributed by atoms with Crippen molar-refractivity contribution < 1.29 is 23.9 Å². The van der Waals surface area contributed by atoms with Gasteiger partial charge in [0.2, 0.25) is 5.91 Å². The number of nitrogens with one attached hydrogen (secondary N) is 1. The summed E-state index contributed by atoms with van der Waals surface area (Å²) in [4.78, 5) is 39.0. The smallest absolute Gasteiger partial charge is 0.294 e. The number of ether oxygens (including phenoxy) is 2. The van der Waals surface area contributed by atoms with Crippen molar-refractivity contribution in [1.82, 2.24) is 4.90 Å². The van der Waals surface area contributed by atoms with Crippen molar-refractivity contribution in [2.45, 2.75) is 6.61 Å². The molecule has 7 nitrogen and oxygen atoms in total. The summed E-state index contributed by atoms with van der Waals surface area (Å²) in [5.74, 6) is -0.0181. The molecule has 0 saturated carbocycles. The number of halogens is 2. The monoisotopic (exact) mass is 630 g/mol. The van der Waals surface area contributed by atoms with E-state index < -0.39 is 17.1 Å². The van der Waals surface area contributed by atoms with Crippen LogP contribution in [0.1, 0.15) is 11.1 Å². The lowest BCUT2D eigenvalue weighted by molar-refractivity contribution is -0.127. The van der Waals surface area contributed by atoms with E-state index in [1.165, 1.54) is 7.11 Å². The van der Waals surface area contributed by atoms with E-state index in [4.69, 9.17) is 9.47 Å². The highest BCUT2D eigenvalue weighted by atomic mass is 79.9. The zero-order valence-electron chi connectivity index (χ0n) is 19.0.